The first-order chi connectivity index (χ1) is 64.0. The summed E-state index contributed by atoms with van der Waals surface area (Å²) < 4.78 is 61.9. The molecular formula is C109H134BrClFI2N4O14PSi3. The van der Waals surface area contributed by atoms with Crippen LogP contribution < -0.4 is 4.74 Å². The van der Waals surface area contributed by atoms with Gasteiger partial charge in [0.15, 0.2) is 0 Å². The molecule has 11 aromatic rings. The summed E-state index contributed by atoms with van der Waals surface area (Å²) in [5.74, 6) is 5.21. The van der Waals surface area contributed by atoms with Gasteiger partial charge in [-0.1, -0.05) is 238 Å². The van der Waals surface area contributed by atoms with Crippen molar-refractivity contribution in [2.24, 2.45) is 0 Å². The van der Waals surface area contributed by atoms with E-state index in [2.05, 4.69) is 259 Å². The number of aliphatic carboxylic acids is 1. The second-order valence-corrected chi connectivity index (χ2v) is 54.3. The molecule has 2 N–H and O–H groups in total. The molecule has 0 unspecified atom stereocenters. The Bertz CT molecular complexity index is 5900. The number of hydrogen-bond donors (Lipinski definition) is 2. The van der Waals surface area contributed by atoms with Gasteiger partial charge < -0.3 is 38.1 Å². The van der Waals surface area contributed by atoms with Crippen LogP contribution in [0, 0.1) is 59.2 Å². The highest BCUT2D eigenvalue weighted by molar-refractivity contribution is 14.1. The lowest BCUT2D eigenvalue weighted by molar-refractivity contribution is -0.191. The number of carbonyl (C=O) groups is 4. The molecule has 1 aliphatic rings. The van der Waals surface area contributed by atoms with Crippen molar-refractivity contribution >= 4 is 197 Å². The number of ether oxygens (including phenoxy) is 4. The number of carboxylic acid groups (broad SMARTS) is 1. The normalized spacial score (nSPS) is 11.1. The monoisotopic (exact) mass is 2220 g/mol. The number of carbonyl (C=O) groups excluding carboxylic acids is 5. The molecule has 3 aromatic heterocycles. The van der Waals surface area contributed by atoms with Crippen LogP contribution in [-0.2, 0) is 53.4 Å². The number of benzene rings is 8. The molecule has 27 heteroatoms. The molecule has 136 heavy (non-hydrogen) atoms. The van der Waals surface area contributed by atoms with E-state index in [1.54, 1.807) is 52.3 Å². The minimum absolute atomic E-state index is 0.247. The van der Waals surface area contributed by atoms with E-state index in [0.717, 1.165) is 93.6 Å². The number of fused-ring (bicyclic) bond motifs is 4. The maximum absolute atomic E-state index is 13.7. The van der Waals surface area contributed by atoms with Crippen molar-refractivity contribution in [2.45, 2.75) is 199 Å². The highest BCUT2D eigenvalue weighted by Crippen LogP contribution is 2.48. The van der Waals surface area contributed by atoms with Gasteiger partial charge in [-0.25, -0.2) is 23.3 Å². The van der Waals surface area contributed by atoms with Crippen LogP contribution in [0.2, 0.25) is 63.9 Å². The maximum atomic E-state index is 13.7. The third-order valence-electron chi connectivity index (χ3n) is 17.0. The lowest BCUT2D eigenvalue weighted by Crippen LogP contribution is -2.27. The number of hydrogen-bond acceptors (Lipinski definition) is 14. The first kappa shape index (κ1) is 124. The van der Waals surface area contributed by atoms with Crippen LogP contribution in [0.3, 0.4) is 0 Å². The fraction of sp³-hybridized carbons (Fsp3) is 0.321. The van der Waals surface area contributed by atoms with Crippen molar-refractivity contribution in [1.29, 1.82) is 5.26 Å². The van der Waals surface area contributed by atoms with E-state index >= 15 is 0 Å². The zero-order valence-corrected chi connectivity index (χ0v) is 93.6. The minimum Gasteiger partial charge on any atom is -0.497 e. The molecule has 18 nitrogen and oxygen atoms in total. The van der Waals surface area contributed by atoms with Crippen molar-refractivity contribution in [3.05, 3.63) is 292 Å². The van der Waals surface area contributed by atoms with Gasteiger partial charge in [0.25, 0.3) is 0 Å². The molecule has 0 spiro atoms. The van der Waals surface area contributed by atoms with Crippen molar-refractivity contribution in [3.8, 4) is 46.7 Å². The summed E-state index contributed by atoms with van der Waals surface area (Å²) in [4.78, 5) is 65.2. The Morgan fingerprint density at radius 1 is 0.632 bits per heavy atom. The van der Waals surface area contributed by atoms with Gasteiger partial charge in [0.05, 0.1) is 53.7 Å². The van der Waals surface area contributed by atoms with Crippen LogP contribution in [0.4, 0.5) is 14.0 Å². The number of halogens is 5. The van der Waals surface area contributed by atoms with E-state index in [0.29, 0.717) is 9.63 Å². The summed E-state index contributed by atoms with van der Waals surface area (Å²) in [6, 6.07) is 68.3. The van der Waals surface area contributed by atoms with Gasteiger partial charge in [0.1, 0.15) is 53.2 Å². The number of aromatic amines is 1. The summed E-state index contributed by atoms with van der Waals surface area (Å²) >= 11 is 14.4. The van der Waals surface area contributed by atoms with Gasteiger partial charge >= 0.3 is 37.9 Å². The third-order valence-corrected chi connectivity index (χ3v) is 24.0. The molecular weight excluding hydrogens is 2090 g/mol. The predicted molar refractivity (Wildman–Crippen MR) is 591 cm³/mol. The van der Waals surface area contributed by atoms with Crippen LogP contribution in [0.25, 0.3) is 62.1 Å². The molecule has 1 aliphatic carbocycles. The number of nitrogens with one attached hydrogen (secondary N) is 1. The van der Waals surface area contributed by atoms with E-state index in [9.17, 15) is 28.1 Å². The molecule has 726 valence electrons. The lowest BCUT2D eigenvalue weighted by Gasteiger charge is -2.20. The number of allylic oxidation sites excluding steroid dienone is 4. The Balaban J connectivity index is 0.000000783. The molecule has 0 bridgehead atoms. The number of para-hydroxylation sites is 3. The second kappa shape index (κ2) is 65.3. The van der Waals surface area contributed by atoms with Crippen LogP contribution in [-0.4, -0.2) is 118 Å². The fourth-order valence-corrected chi connectivity index (χ4v) is 15.8. The number of H-pyrrole nitrogens is 1. The summed E-state index contributed by atoms with van der Waals surface area (Å²) in [6.45, 7) is 46.8. The smallest absolute Gasteiger partial charge is 0.419 e. The predicted octanol–water partition coefficient (Wildman–Crippen LogP) is 31.1. The topological polar surface area (TPSA) is 245 Å². The second-order valence-electron chi connectivity index (χ2n) is 34.2. The Labute approximate surface area is 851 Å². The first-order valence-electron chi connectivity index (χ1n) is 44.4. The Hall–Kier alpha value is -10.5. The molecule has 0 saturated heterocycles. The standard InChI is InChI=1S/C28H22ClFO2.C13H14BrNO2.C13H15NO2.C10H11I.C8H7N.C8H17O5P.C7H7IO.2C7H14Si.C5H10Si.C2H3N.CO2/c1-2-24(25-13-12-23(30)17-26(25)29)28(22-15-20-5-3-4-6-21(20)16-22)19-10-7-18(8-11-19)9-14-27(31)32;1-13(2,3)17-12(16)15-10-7-5-4-6-9(10)8-11(15)14;1-13(2,3)16-12(15)14-9-8-10-6-4-5-7-11(10)14;1-2-3-4-9-5-7-10(11)8-6-9;1-2-4-8-7(3-1)5-6-9-8;1-4-11-8(9)7-14(10,12-5-2)13-6-3;1-9-7-4-2-6(8)3-5-7;2*1-5-6-7-8(2,3)4;1-5-6(2,3)4;1-2-3;2-1-3/h3-15,17H,2,16H2,1H3,(H,31,32);4-8H,1-3H3;4-9H,1-3H3;3-8H,2H2,1H3;1-6,9H;4-7H2,1-3H3;2-5H,1H3;2*5H2,1-4H3;1H,2-4H3;1H3;/b14-9+,28-24+;;;4-3+;;;;;;;;. The summed E-state index contributed by atoms with van der Waals surface area (Å²) in [5, 5.41) is 19.9. The van der Waals surface area contributed by atoms with Crippen molar-refractivity contribution in [2.75, 3.05) is 33.1 Å². The summed E-state index contributed by atoms with van der Waals surface area (Å²) in [7, 11) is -4.79. The Morgan fingerprint density at radius 3 is 1.58 bits per heavy atom. The average molecular weight is 2230 g/mol. The van der Waals surface area contributed by atoms with E-state index in [-0.39, 0.29) is 50.1 Å². The fourth-order valence-electron chi connectivity index (χ4n) is 11.3. The van der Waals surface area contributed by atoms with Gasteiger partial charge in [-0.3, -0.25) is 13.9 Å². The van der Waals surface area contributed by atoms with Gasteiger partial charge in [-0.05, 0) is 289 Å². The molecule has 0 saturated carbocycles. The highest BCUT2D eigenvalue weighted by Gasteiger charge is 2.29. The number of nitrogens with zero attached hydrogens (tertiary/aromatic N) is 3. The molecule has 3 heterocycles. The van der Waals surface area contributed by atoms with E-state index in [1.807, 2.05) is 181 Å². The lowest BCUT2D eigenvalue weighted by atomic mass is 9.87. The number of rotatable bonds is 16. The SMILES string of the molecule is C#C[Si](C)(C)C.CC#N.CC(C)(C)OC(=O)n1c(Br)cc2ccccc21.CC(C)(C)OC(=O)n1ccc2ccccc21.CC/C(=C(\C1=Cc2ccccc2C1)c1ccc(/C=C/C(=O)O)cc1)c1ccc(F)cc1Cl.CC/C=C/c1ccc(I)cc1.CCC#C[Si](C)(C)C.CCC#C[Si](C)(C)C.CCOC(=O)CP(=O)(OCC)OCC.COc1ccc(I)cc1.O=C=O.c1ccc2[nH]ccc2c1. The molecule has 0 radical (unpaired) electrons. The number of esters is 1. The highest BCUT2D eigenvalue weighted by atomic mass is 127. The average Bonchev–Trinajstić information content (AvgIpc) is 1.61. The molecule has 0 fully saturated rings. The van der Waals surface area contributed by atoms with Crippen LogP contribution in [0.15, 0.2) is 241 Å². The largest absolute Gasteiger partial charge is 0.497 e. The zero-order valence-electron chi connectivity index (χ0n) is 83.0. The van der Waals surface area contributed by atoms with Gasteiger partial charge in [0, 0.05) is 61.7 Å². The number of terminal acetylenes is 1. The molecule has 12 rings (SSSR count). The minimum atomic E-state index is -3.28. The number of aromatic nitrogens is 3. The molecule has 0 amide bonds. The molecule has 0 atom stereocenters. The Kier molecular flexibility index (Phi) is 59.4. The first-order valence-corrected chi connectivity index (χ1v) is 59.9. The van der Waals surface area contributed by atoms with Crippen LogP contribution in [0.1, 0.15) is 156 Å². The molecule has 8 aromatic carbocycles. The van der Waals surface area contributed by atoms with E-state index in [4.69, 9.17) is 61.2 Å². The van der Waals surface area contributed by atoms with Crippen molar-refractivity contribution in [1.82, 2.24) is 14.1 Å². The van der Waals surface area contributed by atoms with Crippen molar-refractivity contribution in [3.63, 3.8) is 0 Å². The van der Waals surface area contributed by atoms with Crippen LogP contribution >= 0.6 is 80.3 Å². The van der Waals surface area contributed by atoms with Gasteiger partial charge in [-0.2, -0.15) is 14.9 Å². The summed E-state index contributed by atoms with van der Waals surface area (Å²) in [5.41, 5.74) is 20.9. The number of carboxylic acids is 1. The van der Waals surface area contributed by atoms with Gasteiger partial charge in [-0.15, -0.1) is 34.9 Å². The Morgan fingerprint density at radius 2 is 1.12 bits per heavy atom. The van der Waals surface area contributed by atoms with Crippen molar-refractivity contribution < 1.29 is 70.8 Å². The van der Waals surface area contributed by atoms with E-state index in [1.165, 1.54) is 68.5 Å². The van der Waals surface area contributed by atoms with Gasteiger partial charge in [0.2, 0.25) is 0 Å². The number of nitriles is 1. The quantitative estimate of drug-likeness (QED) is 0.0133. The third kappa shape index (κ3) is 52.7. The number of methoxy groups -OCH3 is 1. The van der Waals surface area contributed by atoms with Crippen LogP contribution in [0.5, 0.6) is 5.75 Å². The molecule has 0 aliphatic heterocycles. The maximum Gasteiger partial charge on any atom is 0.419 e. The zero-order chi connectivity index (χ0) is 103. The van der Waals surface area contributed by atoms with E-state index < -0.39 is 55.0 Å². The summed E-state index contributed by atoms with van der Waals surface area (Å²) in [6.07, 6.45) is 21.9.